The van der Waals surface area contributed by atoms with Crippen LogP contribution >= 0.6 is 15.9 Å². The Hall–Kier alpha value is -2.25. The smallest absolute Gasteiger partial charge is 0.175 e. The fourth-order valence-electron chi connectivity index (χ4n) is 2.06. The van der Waals surface area contributed by atoms with Crippen molar-refractivity contribution < 1.29 is 9.47 Å². The molecule has 0 saturated heterocycles. The van der Waals surface area contributed by atoms with Gasteiger partial charge in [-0.3, -0.25) is 0 Å². The molecule has 0 heterocycles. The van der Waals surface area contributed by atoms with Gasteiger partial charge in [0.25, 0.3) is 0 Å². The number of benzene rings is 2. The molecule has 0 atom stereocenters. The first-order chi connectivity index (χ1) is 11.1. The topological polar surface area (TPSA) is 42.2 Å². The molecule has 2 aromatic rings. The molecule has 118 valence electrons. The Morgan fingerprint density at radius 1 is 1.17 bits per heavy atom. The highest BCUT2D eigenvalue weighted by Gasteiger charge is 2.12. The summed E-state index contributed by atoms with van der Waals surface area (Å²) >= 11 is 3.52. The highest BCUT2D eigenvalue weighted by Crippen LogP contribution is 2.37. The lowest BCUT2D eigenvalue weighted by Crippen LogP contribution is -2.01. The minimum atomic E-state index is 0.465. The minimum absolute atomic E-state index is 0.465. The Labute approximate surface area is 145 Å². The molecule has 0 saturated carbocycles. The second-order valence-electron chi connectivity index (χ2n) is 5.00. The molecule has 0 aliphatic heterocycles. The van der Waals surface area contributed by atoms with Gasteiger partial charge >= 0.3 is 0 Å². The van der Waals surface area contributed by atoms with Gasteiger partial charge in [-0.1, -0.05) is 29.8 Å². The third kappa shape index (κ3) is 4.87. The quantitative estimate of drug-likeness (QED) is 0.649. The SMILES string of the molecule is CCOc1cc(C=CC#N)cc(Br)c1OCc1ccc(C)cc1. The van der Waals surface area contributed by atoms with E-state index >= 15 is 0 Å². The minimum Gasteiger partial charge on any atom is -0.490 e. The maximum absolute atomic E-state index is 8.65. The van der Waals surface area contributed by atoms with E-state index in [1.807, 2.05) is 37.3 Å². The van der Waals surface area contributed by atoms with E-state index in [1.54, 1.807) is 6.08 Å². The molecule has 23 heavy (non-hydrogen) atoms. The van der Waals surface area contributed by atoms with Crippen LogP contribution in [0.5, 0.6) is 11.5 Å². The summed E-state index contributed by atoms with van der Waals surface area (Å²) in [6.07, 6.45) is 3.17. The summed E-state index contributed by atoms with van der Waals surface area (Å²) in [5.74, 6) is 1.33. The standard InChI is InChI=1S/C19H18BrNO2/c1-3-22-18-12-16(5-4-10-21)11-17(20)19(18)23-13-15-8-6-14(2)7-9-15/h4-9,11-12H,3,13H2,1-2H3. The number of nitrogens with zero attached hydrogens (tertiary/aromatic N) is 1. The highest BCUT2D eigenvalue weighted by atomic mass is 79.9. The zero-order valence-corrected chi connectivity index (χ0v) is 14.8. The van der Waals surface area contributed by atoms with E-state index in [9.17, 15) is 0 Å². The zero-order valence-electron chi connectivity index (χ0n) is 13.2. The summed E-state index contributed by atoms with van der Waals surface area (Å²) in [5.41, 5.74) is 3.20. The fraction of sp³-hybridized carbons (Fsp3) is 0.211. The lowest BCUT2D eigenvalue weighted by atomic mass is 10.1. The van der Waals surface area contributed by atoms with Crippen LogP contribution in [0.25, 0.3) is 6.08 Å². The van der Waals surface area contributed by atoms with Crippen molar-refractivity contribution in [3.05, 3.63) is 63.6 Å². The first kappa shape index (κ1) is 17.1. The van der Waals surface area contributed by atoms with Crippen LogP contribution in [0.15, 0.2) is 46.9 Å². The van der Waals surface area contributed by atoms with Crippen LogP contribution in [0, 0.1) is 18.3 Å². The number of halogens is 1. The summed E-state index contributed by atoms with van der Waals surface area (Å²) in [6, 6.07) is 14.0. The van der Waals surface area contributed by atoms with E-state index in [1.165, 1.54) is 11.6 Å². The van der Waals surface area contributed by atoms with E-state index in [2.05, 4.69) is 35.0 Å². The molecular weight excluding hydrogens is 354 g/mol. The molecule has 2 aromatic carbocycles. The zero-order chi connectivity index (χ0) is 16.7. The Morgan fingerprint density at radius 2 is 1.91 bits per heavy atom. The summed E-state index contributed by atoms with van der Waals surface area (Å²) in [5, 5.41) is 8.65. The highest BCUT2D eigenvalue weighted by molar-refractivity contribution is 9.10. The van der Waals surface area contributed by atoms with Gasteiger partial charge in [-0.2, -0.15) is 5.26 Å². The molecule has 0 fully saturated rings. The third-order valence-electron chi connectivity index (χ3n) is 3.19. The Kier molecular flexibility index (Phi) is 6.25. The van der Waals surface area contributed by atoms with Gasteiger partial charge in [-0.25, -0.2) is 0 Å². The van der Waals surface area contributed by atoms with Crippen molar-refractivity contribution in [1.29, 1.82) is 5.26 Å². The maximum Gasteiger partial charge on any atom is 0.175 e. The van der Waals surface area contributed by atoms with E-state index in [0.29, 0.717) is 24.7 Å². The lowest BCUT2D eigenvalue weighted by Gasteiger charge is -2.15. The van der Waals surface area contributed by atoms with Crippen LogP contribution in [0.4, 0.5) is 0 Å². The molecule has 0 aromatic heterocycles. The second kappa shape index (κ2) is 8.40. The van der Waals surface area contributed by atoms with Gasteiger partial charge in [0.1, 0.15) is 6.61 Å². The maximum atomic E-state index is 8.65. The van der Waals surface area contributed by atoms with Crippen LogP contribution < -0.4 is 9.47 Å². The van der Waals surface area contributed by atoms with Crippen LogP contribution in [0.1, 0.15) is 23.6 Å². The number of hydrogen-bond donors (Lipinski definition) is 0. The van der Waals surface area contributed by atoms with Gasteiger partial charge < -0.3 is 9.47 Å². The number of hydrogen-bond acceptors (Lipinski definition) is 3. The first-order valence-corrected chi connectivity index (χ1v) is 8.14. The molecule has 0 bridgehead atoms. The Bertz CT molecular complexity index is 730. The molecule has 0 amide bonds. The Morgan fingerprint density at radius 3 is 2.57 bits per heavy atom. The predicted molar refractivity (Wildman–Crippen MR) is 95.5 cm³/mol. The van der Waals surface area contributed by atoms with E-state index in [4.69, 9.17) is 14.7 Å². The number of allylic oxidation sites excluding steroid dienone is 1. The monoisotopic (exact) mass is 371 g/mol. The molecule has 0 spiro atoms. The van der Waals surface area contributed by atoms with Gasteiger partial charge in [0, 0.05) is 6.08 Å². The van der Waals surface area contributed by atoms with Gasteiger partial charge in [-0.05, 0) is 59.1 Å². The van der Waals surface area contributed by atoms with Gasteiger partial charge in [-0.15, -0.1) is 0 Å². The molecule has 0 radical (unpaired) electrons. The molecule has 2 rings (SSSR count). The number of ether oxygens (including phenoxy) is 2. The largest absolute Gasteiger partial charge is 0.490 e. The van der Waals surface area contributed by atoms with Gasteiger partial charge in [0.15, 0.2) is 11.5 Å². The van der Waals surface area contributed by atoms with E-state index in [0.717, 1.165) is 15.6 Å². The molecule has 0 N–H and O–H groups in total. The number of aryl methyl sites for hydroxylation is 1. The average molecular weight is 372 g/mol. The normalized spacial score (nSPS) is 10.5. The van der Waals surface area contributed by atoms with Crippen molar-refractivity contribution in [2.75, 3.05) is 6.61 Å². The molecular formula is C19H18BrNO2. The third-order valence-corrected chi connectivity index (χ3v) is 3.77. The molecule has 0 aliphatic carbocycles. The van der Waals surface area contributed by atoms with Crippen LogP contribution in [-0.2, 0) is 6.61 Å². The van der Waals surface area contributed by atoms with Crippen molar-refractivity contribution in [3.63, 3.8) is 0 Å². The summed E-state index contributed by atoms with van der Waals surface area (Å²) in [7, 11) is 0. The summed E-state index contributed by atoms with van der Waals surface area (Å²) in [4.78, 5) is 0. The molecule has 3 nitrogen and oxygen atoms in total. The van der Waals surface area contributed by atoms with Crippen LogP contribution in [0.2, 0.25) is 0 Å². The van der Waals surface area contributed by atoms with Crippen molar-refractivity contribution in [2.45, 2.75) is 20.5 Å². The summed E-state index contributed by atoms with van der Waals surface area (Å²) in [6.45, 7) is 4.99. The van der Waals surface area contributed by atoms with Crippen molar-refractivity contribution in [1.82, 2.24) is 0 Å². The van der Waals surface area contributed by atoms with Crippen molar-refractivity contribution >= 4 is 22.0 Å². The Balaban J connectivity index is 2.24. The second-order valence-corrected chi connectivity index (χ2v) is 5.85. The molecule has 4 heteroatoms. The van der Waals surface area contributed by atoms with Crippen LogP contribution in [0.3, 0.4) is 0 Å². The number of nitriles is 1. The molecule has 0 aliphatic rings. The van der Waals surface area contributed by atoms with Gasteiger partial charge in [0.05, 0.1) is 17.1 Å². The fourth-order valence-corrected chi connectivity index (χ4v) is 2.63. The first-order valence-electron chi connectivity index (χ1n) is 7.35. The lowest BCUT2D eigenvalue weighted by molar-refractivity contribution is 0.267. The van der Waals surface area contributed by atoms with Crippen LogP contribution in [-0.4, -0.2) is 6.61 Å². The molecule has 0 unspecified atom stereocenters. The van der Waals surface area contributed by atoms with Crippen molar-refractivity contribution in [2.24, 2.45) is 0 Å². The van der Waals surface area contributed by atoms with E-state index in [-0.39, 0.29) is 0 Å². The average Bonchev–Trinajstić information content (AvgIpc) is 2.54. The summed E-state index contributed by atoms with van der Waals surface area (Å²) < 4.78 is 12.4. The number of rotatable bonds is 6. The van der Waals surface area contributed by atoms with Gasteiger partial charge in [0.2, 0.25) is 0 Å². The predicted octanol–water partition coefficient (Wildman–Crippen LogP) is 5.27. The van der Waals surface area contributed by atoms with Crippen molar-refractivity contribution in [3.8, 4) is 17.6 Å². The van der Waals surface area contributed by atoms with E-state index < -0.39 is 0 Å².